The minimum atomic E-state index is 0.275. The molecular formula is C16H22N2O. The third kappa shape index (κ3) is 2.53. The highest BCUT2D eigenvalue weighted by Gasteiger charge is 2.21. The summed E-state index contributed by atoms with van der Waals surface area (Å²) in [5.41, 5.74) is 5.50. The van der Waals surface area contributed by atoms with Crippen LogP contribution >= 0.6 is 0 Å². The summed E-state index contributed by atoms with van der Waals surface area (Å²) in [6, 6.07) is 7.21. The first-order valence-electron chi connectivity index (χ1n) is 7.22. The maximum atomic E-state index is 8.85. The monoisotopic (exact) mass is 258 g/mol. The van der Waals surface area contributed by atoms with E-state index in [1.165, 1.54) is 34.1 Å². The van der Waals surface area contributed by atoms with Gasteiger partial charge in [-0.25, -0.2) is 0 Å². The highest BCUT2D eigenvalue weighted by Crippen LogP contribution is 2.29. The number of rotatable bonds is 4. The predicted octanol–water partition coefficient (Wildman–Crippen LogP) is 2.31. The lowest BCUT2D eigenvalue weighted by Crippen LogP contribution is -2.35. The van der Waals surface area contributed by atoms with Crippen LogP contribution in [-0.4, -0.2) is 29.3 Å². The number of hydrogen-bond donors (Lipinski definition) is 3. The Bertz CT molecular complexity index is 573. The Morgan fingerprint density at radius 2 is 2.32 bits per heavy atom. The summed E-state index contributed by atoms with van der Waals surface area (Å²) in [4.78, 5) is 3.56. The van der Waals surface area contributed by atoms with Gasteiger partial charge in [0.25, 0.3) is 0 Å². The van der Waals surface area contributed by atoms with Crippen LogP contribution in [0.2, 0.25) is 0 Å². The molecular weight excluding hydrogens is 236 g/mol. The van der Waals surface area contributed by atoms with Crippen LogP contribution in [-0.2, 0) is 12.8 Å². The Labute approximate surface area is 114 Å². The fraction of sp³-hybridized carbons (Fsp3) is 0.500. The van der Waals surface area contributed by atoms with Crippen molar-refractivity contribution in [2.75, 3.05) is 13.2 Å². The van der Waals surface area contributed by atoms with Gasteiger partial charge >= 0.3 is 0 Å². The predicted molar refractivity (Wildman–Crippen MR) is 78.6 cm³/mol. The Kier molecular flexibility index (Phi) is 3.58. The molecule has 1 unspecified atom stereocenters. The van der Waals surface area contributed by atoms with E-state index < -0.39 is 0 Å². The van der Waals surface area contributed by atoms with E-state index in [4.69, 9.17) is 5.11 Å². The molecule has 1 aromatic heterocycles. The molecule has 0 aliphatic heterocycles. The average molecular weight is 258 g/mol. The summed E-state index contributed by atoms with van der Waals surface area (Å²) in [6.07, 6.45) is 4.25. The summed E-state index contributed by atoms with van der Waals surface area (Å²) in [5.74, 6) is 0. The molecule has 1 heterocycles. The molecule has 3 nitrogen and oxygen atoms in total. The lowest BCUT2D eigenvalue weighted by Gasteiger charge is -2.23. The average Bonchev–Trinajstić information content (AvgIpc) is 2.77. The number of fused-ring (bicyclic) bond motifs is 3. The molecule has 3 N–H and O–H groups in total. The minimum Gasteiger partial charge on any atom is -0.396 e. The van der Waals surface area contributed by atoms with Gasteiger partial charge in [-0.2, -0.15) is 0 Å². The van der Waals surface area contributed by atoms with Crippen molar-refractivity contribution >= 4 is 10.9 Å². The molecule has 0 saturated heterocycles. The van der Waals surface area contributed by atoms with Crippen molar-refractivity contribution in [3.63, 3.8) is 0 Å². The number of nitrogens with one attached hydrogen (secondary N) is 2. The zero-order valence-corrected chi connectivity index (χ0v) is 11.5. The zero-order chi connectivity index (χ0) is 13.2. The SMILES string of the molecule is Cc1ccc2[nH]c3c(c2c1)CC(NCCCO)CC3. The Morgan fingerprint density at radius 1 is 1.42 bits per heavy atom. The maximum Gasteiger partial charge on any atom is 0.0459 e. The molecule has 0 amide bonds. The van der Waals surface area contributed by atoms with Crippen molar-refractivity contribution in [1.82, 2.24) is 10.3 Å². The van der Waals surface area contributed by atoms with Crippen LogP contribution in [0.1, 0.15) is 29.7 Å². The van der Waals surface area contributed by atoms with Gasteiger partial charge in [0.05, 0.1) is 0 Å². The zero-order valence-electron chi connectivity index (χ0n) is 11.5. The second-order valence-electron chi connectivity index (χ2n) is 5.60. The molecule has 3 heteroatoms. The van der Waals surface area contributed by atoms with Crippen LogP contribution in [0, 0.1) is 6.92 Å². The van der Waals surface area contributed by atoms with Gasteiger partial charge in [0.2, 0.25) is 0 Å². The van der Waals surface area contributed by atoms with Gasteiger partial charge in [-0.3, -0.25) is 0 Å². The van der Waals surface area contributed by atoms with Gasteiger partial charge in [-0.15, -0.1) is 0 Å². The van der Waals surface area contributed by atoms with Crippen LogP contribution in [0.25, 0.3) is 10.9 Å². The number of aromatic nitrogens is 1. The third-order valence-electron chi connectivity index (χ3n) is 4.11. The number of aryl methyl sites for hydroxylation is 2. The normalized spacial score (nSPS) is 18.7. The summed E-state index contributed by atoms with van der Waals surface area (Å²) in [7, 11) is 0. The standard InChI is InChI=1S/C16H22N2O/c1-11-3-5-15-13(9-11)14-10-12(17-7-2-8-19)4-6-16(14)18-15/h3,5,9,12,17-19H,2,4,6-8,10H2,1H3. The summed E-state index contributed by atoms with van der Waals surface area (Å²) in [6.45, 7) is 3.34. The van der Waals surface area contributed by atoms with E-state index >= 15 is 0 Å². The number of benzene rings is 1. The van der Waals surface area contributed by atoms with Crippen LogP contribution in [0.3, 0.4) is 0 Å². The first kappa shape index (κ1) is 12.7. The molecule has 1 aliphatic carbocycles. The van der Waals surface area contributed by atoms with E-state index in [9.17, 15) is 0 Å². The van der Waals surface area contributed by atoms with Gasteiger partial charge in [0, 0.05) is 29.2 Å². The highest BCUT2D eigenvalue weighted by molar-refractivity contribution is 5.85. The molecule has 1 aliphatic rings. The third-order valence-corrected chi connectivity index (χ3v) is 4.11. The van der Waals surface area contributed by atoms with Gasteiger partial charge < -0.3 is 15.4 Å². The molecule has 19 heavy (non-hydrogen) atoms. The highest BCUT2D eigenvalue weighted by atomic mass is 16.3. The van der Waals surface area contributed by atoms with Crippen LogP contribution in [0.5, 0.6) is 0 Å². The van der Waals surface area contributed by atoms with Crippen molar-refractivity contribution in [1.29, 1.82) is 0 Å². The van der Waals surface area contributed by atoms with Crippen molar-refractivity contribution < 1.29 is 5.11 Å². The van der Waals surface area contributed by atoms with Crippen molar-refractivity contribution in [2.45, 2.75) is 38.6 Å². The first-order chi connectivity index (χ1) is 9.28. The van der Waals surface area contributed by atoms with Crippen LogP contribution in [0.4, 0.5) is 0 Å². The fourth-order valence-corrected chi connectivity index (χ4v) is 3.09. The number of hydrogen-bond acceptors (Lipinski definition) is 2. The second kappa shape index (κ2) is 5.35. The van der Waals surface area contributed by atoms with Gasteiger partial charge in [0.15, 0.2) is 0 Å². The van der Waals surface area contributed by atoms with E-state index in [2.05, 4.69) is 35.4 Å². The Morgan fingerprint density at radius 3 is 3.16 bits per heavy atom. The van der Waals surface area contributed by atoms with E-state index in [1.54, 1.807) is 0 Å². The second-order valence-corrected chi connectivity index (χ2v) is 5.60. The minimum absolute atomic E-state index is 0.275. The fourth-order valence-electron chi connectivity index (χ4n) is 3.09. The van der Waals surface area contributed by atoms with Gasteiger partial charge in [-0.1, -0.05) is 11.6 Å². The van der Waals surface area contributed by atoms with Crippen LogP contribution in [0.15, 0.2) is 18.2 Å². The van der Waals surface area contributed by atoms with Crippen molar-refractivity contribution in [3.05, 3.63) is 35.0 Å². The van der Waals surface area contributed by atoms with E-state index in [0.29, 0.717) is 6.04 Å². The van der Waals surface area contributed by atoms with E-state index in [-0.39, 0.29) is 6.61 Å². The van der Waals surface area contributed by atoms with Crippen molar-refractivity contribution in [3.8, 4) is 0 Å². The molecule has 0 spiro atoms. The largest absolute Gasteiger partial charge is 0.396 e. The molecule has 102 valence electrons. The summed E-state index contributed by atoms with van der Waals surface area (Å²) < 4.78 is 0. The molecule has 0 radical (unpaired) electrons. The first-order valence-corrected chi connectivity index (χ1v) is 7.22. The smallest absolute Gasteiger partial charge is 0.0459 e. The Balaban J connectivity index is 1.82. The van der Waals surface area contributed by atoms with Crippen LogP contribution < -0.4 is 5.32 Å². The number of aromatic amines is 1. The molecule has 1 aromatic carbocycles. The topological polar surface area (TPSA) is 48.0 Å². The number of H-pyrrole nitrogens is 1. The van der Waals surface area contributed by atoms with Crippen molar-refractivity contribution in [2.24, 2.45) is 0 Å². The summed E-state index contributed by atoms with van der Waals surface area (Å²) in [5, 5.41) is 13.8. The number of aliphatic hydroxyl groups is 1. The van der Waals surface area contributed by atoms with Gasteiger partial charge in [-0.05, 0) is 56.8 Å². The lowest BCUT2D eigenvalue weighted by atomic mass is 9.91. The summed E-state index contributed by atoms with van der Waals surface area (Å²) >= 11 is 0. The molecule has 0 bridgehead atoms. The lowest BCUT2D eigenvalue weighted by molar-refractivity contribution is 0.281. The molecule has 0 fully saturated rings. The van der Waals surface area contributed by atoms with Gasteiger partial charge in [0.1, 0.15) is 0 Å². The number of aliphatic hydroxyl groups excluding tert-OH is 1. The Hall–Kier alpha value is -1.32. The molecule has 3 rings (SSSR count). The maximum absolute atomic E-state index is 8.85. The molecule has 1 atom stereocenters. The quantitative estimate of drug-likeness (QED) is 0.737. The van der Waals surface area contributed by atoms with E-state index in [1.807, 2.05) is 0 Å². The molecule has 2 aromatic rings. The van der Waals surface area contributed by atoms with E-state index in [0.717, 1.165) is 25.8 Å². The molecule has 0 saturated carbocycles.